The van der Waals surface area contributed by atoms with Crippen molar-refractivity contribution in [3.05, 3.63) is 36.3 Å². The molecule has 2 heterocycles. The number of nitrogens with zero attached hydrogens (tertiary/aromatic N) is 4. The number of ether oxygens (including phenoxy) is 4. The van der Waals surface area contributed by atoms with E-state index in [1.54, 1.807) is 6.07 Å². The summed E-state index contributed by atoms with van der Waals surface area (Å²) in [5.41, 5.74) is 0.0997. The summed E-state index contributed by atoms with van der Waals surface area (Å²) in [4.78, 5) is 38.7. The summed E-state index contributed by atoms with van der Waals surface area (Å²) in [7, 11) is 5.24. The van der Waals surface area contributed by atoms with E-state index in [-0.39, 0.29) is 23.4 Å². The third-order valence-corrected chi connectivity index (χ3v) is 10.3. The van der Waals surface area contributed by atoms with Crippen LogP contribution in [0.3, 0.4) is 0 Å². The van der Waals surface area contributed by atoms with Crippen molar-refractivity contribution < 1.29 is 28.5 Å². The second-order valence-corrected chi connectivity index (χ2v) is 15.1. The van der Waals surface area contributed by atoms with Crippen LogP contribution < -0.4 is 29.6 Å². The lowest BCUT2D eigenvalue weighted by Gasteiger charge is -2.24. The number of carbonyl (C=O) groups is 2. The Kier molecular flexibility index (Phi) is 9.92. The van der Waals surface area contributed by atoms with E-state index in [1.807, 2.05) is 38.1 Å². The van der Waals surface area contributed by atoms with E-state index in [9.17, 15) is 9.59 Å². The van der Waals surface area contributed by atoms with E-state index in [2.05, 4.69) is 46.3 Å². The van der Waals surface area contributed by atoms with Crippen molar-refractivity contribution in [1.82, 2.24) is 14.9 Å². The minimum absolute atomic E-state index is 0.0433. The molecule has 1 aliphatic heterocycles. The lowest BCUT2D eigenvalue weighted by molar-refractivity contribution is -0.134. The zero-order chi connectivity index (χ0) is 28.7. The van der Waals surface area contributed by atoms with Crippen LogP contribution in [0.5, 0.6) is 17.5 Å². The number of likely N-dealkylation sites (N-methyl/N-ethyl adjacent to an activating group) is 2. The van der Waals surface area contributed by atoms with Gasteiger partial charge in [-0.2, -0.15) is 9.97 Å². The van der Waals surface area contributed by atoms with Crippen molar-refractivity contribution in [2.75, 3.05) is 58.2 Å². The second kappa shape index (κ2) is 12.9. The van der Waals surface area contributed by atoms with Crippen LogP contribution in [0.25, 0.3) is 0 Å². The van der Waals surface area contributed by atoms with Crippen LogP contribution in [0.1, 0.15) is 13.8 Å². The number of carbonyl (C=O) groups excluding carboxylic acids is 2. The Bertz CT molecular complexity index is 1190. The van der Waals surface area contributed by atoms with Crippen molar-refractivity contribution in [3.8, 4) is 17.5 Å². The Morgan fingerprint density at radius 3 is 2.33 bits per heavy atom. The maximum atomic E-state index is 13.1. The molecule has 0 radical (unpaired) electrons. The summed E-state index contributed by atoms with van der Waals surface area (Å²) in [5.74, 6) is -0.171. The molecule has 212 valence electrons. The SMILES string of the molecule is CCN(CCN(C)C)c1nc(OC)c(NC(=O)C2OC(Oc3cccc([Si](C)(C)CC)c3)=CC2=O)c(OC)n1. The van der Waals surface area contributed by atoms with Crippen molar-refractivity contribution in [1.29, 1.82) is 0 Å². The molecule has 0 spiro atoms. The fourth-order valence-electron chi connectivity index (χ4n) is 3.80. The van der Waals surface area contributed by atoms with Gasteiger partial charge in [0, 0.05) is 19.6 Å². The standard InChI is InChI=1S/C27H39N5O6Si/c1-9-32(15-14-31(3)4)27-29-25(35-5)22(26(30-27)36-6)28-24(34)23-20(33)17-21(38-23)37-18-12-11-13-19(16-18)39(7,8)10-2/h11-13,16-17,23H,9-10,14-15H2,1-8H3,(H,28,34). The molecule has 12 heteroatoms. The first kappa shape index (κ1) is 29.9. The summed E-state index contributed by atoms with van der Waals surface area (Å²) in [6, 6.07) is 8.84. The van der Waals surface area contributed by atoms with Crippen LogP contribution in [0, 0.1) is 0 Å². The lowest BCUT2D eigenvalue weighted by atomic mass is 10.2. The zero-order valence-corrected chi connectivity index (χ0v) is 25.0. The van der Waals surface area contributed by atoms with Crippen LogP contribution in [0.15, 0.2) is 36.3 Å². The fraction of sp³-hybridized carbons (Fsp3) is 0.481. The summed E-state index contributed by atoms with van der Waals surface area (Å²) in [6.45, 7) is 10.9. The number of hydrogen-bond donors (Lipinski definition) is 1. The normalized spacial score (nSPS) is 15.1. The Morgan fingerprint density at radius 1 is 1.10 bits per heavy atom. The van der Waals surface area contributed by atoms with Gasteiger partial charge in [0.2, 0.25) is 29.6 Å². The molecule has 1 unspecified atom stereocenters. The van der Waals surface area contributed by atoms with Gasteiger partial charge in [-0.15, -0.1) is 0 Å². The second-order valence-electron chi connectivity index (χ2n) is 10.0. The number of hydrogen-bond acceptors (Lipinski definition) is 10. The van der Waals surface area contributed by atoms with Crippen LogP contribution in [0.2, 0.25) is 19.1 Å². The number of amides is 1. The van der Waals surface area contributed by atoms with Crippen molar-refractivity contribution >= 4 is 36.6 Å². The highest BCUT2D eigenvalue weighted by Gasteiger charge is 2.36. The van der Waals surface area contributed by atoms with Crippen molar-refractivity contribution in [3.63, 3.8) is 0 Å². The lowest BCUT2D eigenvalue weighted by Crippen LogP contribution is -2.40. The minimum Gasteiger partial charge on any atom is -0.479 e. The van der Waals surface area contributed by atoms with Gasteiger partial charge in [0.05, 0.1) is 28.4 Å². The smallest absolute Gasteiger partial charge is 0.289 e. The van der Waals surface area contributed by atoms with E-state index < -0.39 is 25.9 Å². The molecule has 1 aromatic heterocycles. The highest BCUT2D eigenvalue weighted by molar-refractivity contribution is 6.89. The molecule has 0 saturated heterocycles. The van der Waals surface area contributed by atoms with Gasteiger partial charge in [-0.05, 0) is 33.2 Å². The number of ketones is 1. The topological polar surface area (TPSA) is 115 Å². The van der Waals surface area contributed by atoms with Crippen LogP contribution in [0.4, 0.5) is 11.6 Å². The zero-order valence-electron chi connectivity index (χ0n) is 24.0. The molecule has 2 aromatic rings. The Hall–Kier alpha value is -3.64. The summed E-state index contributed by atoms with van der Waals surface area (Å²) >= 11 is 0. The molecule has 39 heavy (non-hydrogen) atoms. The van der Waals surface area contributed by atoms with E-state index >= 15 is 0 Å². The number of rotatable bonds is 13. The Labute approximate surface area is 231 Å². The first-order valence-corrected chi connectivity index (χ1v) is 16.1. The van der Waals surface area contributed by atoms with Gasteiger partial charge >= 0.3 is 0 Å². The maximum absolute atomic E-state index is 13.1. The minimum atomic E-state index is -1.58. The molecule has 0 bridgehead atoms. The predicted molar refractivity (Wildman–Crippen MR) is 153 cm³/mol. The van der Waals surface area contributed by atoms with Gasteiger partial charge in [-0.1, -0.05) is 43.4 Å². The van der Waals surface area contributed by atoms with Gasteiger partial charge < -0.3 is 34.1 Å². The first-order chi connectivity index (χ1) is 18.5. The van der Waals surface area contributed by atoms with Gasteiger partial charge in [0.15, 0.2) is 5.69 Å². The third-order valence-electron chi connectivity index (χ3n) is 6.66. The molecular weight excluding hydrogens is 518 g/mol. The van der Waals surface area contributed by atoms with E-state index in [1.165, 1.54) is 25.5 Å². The Balaban J connectivity index is 1.75. The number of benzene rings is 1. The molecule has 11 nitrogen and oxygen atoms in total. The maximum Gasteiger partial charge on any atom is 0.289 e. The molecule has 0 saturated carbocycles. The average molecular weight is 558 g/mol. The van der Waals surface area contributed by atoms with E-state index in [4.69, 9.17) is 18.9 Å². The highest BCUT2D eigenvalue weighted by Crippen LogP contribution is 2.34. The quantitative estimate of drug-likeness (QED) is 0.291. The van der Waals surface area contributed by atoms with Crippen molar-refractivity contribution in [2.45, 2.75) is 39.1 Å². The van der Waals surface area contributed by atoms with E-state index in [0.717, 1.165) is 12.6 Å². The molecule has 1 amide bonds. The van der Waals surface area contributed by atoms with Crippen LogP contribution >= 0.6 is 0 Å². The molecule has 1 atom stereocenters. The third kappa shape index (κ3) is 7.27. The molecule has 1 aliphatic rings. The number of methoxy groups -OCH3 is 2. The van der Waals surface area contributed by atoms with Gasteiger partial charge in [0.25, 0.3) is 11.9 Å². The van der Waals surface area contributed by atoms with E-state index in [0.29, 0.717) is 24.8 Å². The van der Waals surface area contributed by atoms with Gasteiger partial charge in [-0.25, -0.2) is 0 Å². The summed E-state index contributed by atoms with van der Waals surface area (Å²) in [6.07, 6.45) is -0.261. The molecule has 1 N–H and O–H groups in total. The Morgan fingerprint density at radius 2 is 1.77 bits per heavy atom. The largest absolute Gasteiger partial charge is 0.479 e. The van der Waals surface area contributed by atoms with Crippen LogP contribution in [-0.2, 0) is 14.3 Å². The molecule has 0 fully saturated rings. The number of anilines is 2. The summed E-state index contributed by atoms with van der Waals surface area (Å²) < 4.78 is 22.3. The molecule has 3 rings (SSSR count). The van der Waals surface area contributed by atoms with Crippen LogP contribution in [-0.4, -0.2) is 88.7 Å². The van der Waals surface area contributed by atoms with Gasteiger partial charge in [-0.3, -0.25) is 9.59 Å². The molecule has 1 aromatic carbocycles. The highest BCUT2D eigenvalue weighted by atomic mass is 28.3. The first-order valence-electron chi connectivity index (χ1n) is 12.9. The predicted octanol–water partition coefficient (Wildman–Crippen LogP) is 2.64. The molecule has 0 aliphatic carbocycles. The number of nitrogens with one attached hydrogen (secondary N) is 1. The number of aromatic nitrogens is 2. The van der Waals surface area contributed by atoms with Crippen molar-refractivity contribution in [2.24, 2.45) is 0 Å². The fourth-order valence-corrected chi connectivity index (χ4v) is 5.29. The molecular formula is C27H39N5O6Si. The van der Waals surface area contributed by atoms with Gasteiger partial charge in [0.1, 0.15) is 5.75 Å². The average Bonchev–Trinajstić information content (AvgIpc) is 3.28. The summed E-state index contributed by atoms with van der Waals surface area (Å²) in [5, 5.41) is 3.87. The monoisotopic (exact) mass is 557 g/mol.